The van der Waals surface area contributed by atoms with E-state index >= 15 is 0 Å². The molecule has 1 fully saturated rings. The minimum absolute atomic E-state index is 0.0704. The quantitative estimate of drug-likeness (QED) is 0.901. The predicted molar refractivity (Wildman–Crippen MR) is 69.7 cm³/mol. The molecule has 1 saturated heterocycles. The van der Waals surface area contributed by atoms with Crippen molar-refractivity contribution in [2.75, 3.05) is 31.6 Å². The van der Waals surface area contributed by atoms with Crippen LogP contribution in [-0.4, -0.2) is 48.1 Å². The second-order valence-corrected chi connectivity index (χ2v) is 4.76. The maximum atomic E-state index is 11.8. The van der Waals surface area contributed by atoms with E-state index in [9.17, 15) is 4.79 Å². The topological polar surface area (TPSA) is 54.5 Å². The number of morpholine rings is 1. The molecule has 18 heavy (non-hydrogen) atoms. The van der Waals surface area contributed by atoms with Crippen molar-refractivity contribution in [1.29, 1.82) is 0 Å². The number of aromatic nitrogens is 1. The summed E-state index contributed by atoms with van der Waals surface area (Å²) < 4.78 is 5.42. The summed E-state index contributed by atoms with van der Waals surface area (Å²) in [7, 11) is 0. The van der Waals surface area contributed by atoms with Gasteiger partial charge < -0.3 is 10.1 Å². The van der Waals surface area contributed by atoms with E-state index in [4.69, 9.17) is 16.3 Å². The summed E-state index contributed by atoms with van der Waals surface area (Å²) >= 11 is 5.72. The van der Waals surface area contributed by atoms with Gasteiger partial charge in [-0.3, -0.25) is 9.69 Å². The van der Waals surface area contributed by atoms with Crippen LogP contribution in [0.15, 0.2) is 18.3 Å². The van der Waals surface area contributed by atoms with Crippen LogP contribution in [0.25, 0.3) is 0 Å². The second kappa shape index (κ2) is 6.13. The Hall–Kier alpha value is -1.17. The lowest BCUT2D eigenvalue weighted by atomic mass is 10.3. The van der Waals surface area contributed by atoms with Gasteiger partial charge >= 0.3 is 0 Å². The Morgan fingerprint density at radius 3 is 3.17 bits per heavy atom. The minimum atomic E-state index is -0.0704. The molecule has 0 aliphatic carbocycles. The Morgan fingerprint density at radius 1 is 1.67 bits per heavy atom. The first-order valence-electron chi connectivity index (χ1n) is 5.89. The molecule has 1 aliphatic rings. The Morgan fingerprint density at radius 2 is 2.50 bits per heavy atom. The van der Waals surface area contributed by atoms with Crippen LogP contribution in [-0.2, 0) is 9.53 Å². The van der Waals surface area contributed by atoms with Crippen LogP contribution in [0.2, 0.25) is 5.02 Å². The average molecular weight is 270 g/mol. The third kappa shape index (κ3) is 3.94. The van der Waals surface area contributed by atoms with Crippen molar-refractivity contribution in [2.24, 2.45) is 0 Å². The van der Waals surface area contributed by atoms with E-state index in [1.807, 2.05) is 6.92 Å². The van der Waals surface area contributed by atoms with Gasteiger partial charge in [0.25, 0.3) is 0 Å². The first-order chi connectivity index (χ1) is 8.63. The number of nitrogens with one attached hydrogen (secondary N) is 1. The number of hydrogen-bond acceptors (Lipinski definition) is 4. The maximum absolute atomic E-state index is 11.8. The SMILES string of the molecule is C[C@H]1CN(CC(=O)Nc2ccc(Cl)cn2)CCO1. The van der Waals surface area contributed by atoms with Crippen LogP contribution in [0.3, 0.4) is 0 Å². The van der Waals surface area contributed by atoms with E-state index in [0.717, 1.165) is 13.1 Å². The molecule has 98 valence electrons. The van der Waals surface area contributed by atoms with Gasteiger partial charge in [-0.15, -0.1) is 0 Å². The summed E-state index contributed by atoms with van der Waals surface area (Å²) in [5.74, 6) is 0.449. The fourth-order valence-corrected chi connectivity index (χ4v) is 1.98. The molecular formula is C12H16ClN3O2. The van der Waals surface area contributed by atoms with Crippen molar-refractivity contribution < 1.29 is 9.53 Å². The van der Waals surface area contributed by atoms with Crippen LogP contribution in [0.1, 0.15) is 6.92 Å². The fourth-order valence-electron chi connectivity index (χ4n) is 1.87. The van der Waals surface area contributed by atoms with Gasteiger partial charge in [-0.25, -0.2) is 4.98 Å². The summed E-state index contributed by atoms with van der Waals surface area (Å²) in [6, 6.07) is 3.38. The predicted octanol–water partition coefficient (Wildman–Crippen LogP) is 1.39. The molecule has 1 atom stereocenters. The lowest BCUT2D eigenvalue weighted by Gasteiger charge is -2.30. The normalized spacial score (nSPS) is 20.7. The first kappa shape index (κ1) is 13.3. The summed E-state index contributed by atoms with van der Waals surface area (Å²) in [4.78, 5) is 17.9. The van der Waals surface area contributed by atoms with Gasteiger partial charge in [0.15, 0.2) is 0 Å². The Kier molecular flexibility index (Phi) is 4.52. The molecule has 0 saturated carbocycles. The molecule has 1 aromatic rings. The van der Waals surface area contributed by atoms with Crippen molar-refractivity contribution in [3.8, 4) is 0 Å². The second-order valence-electron chi connectivity index (χ2n) is 4.33. The van der Waals surface area contributed by atoms with E-state index < -0.39 is 0 Å². The van der Waals surface area contributed by atoms with Gasteiger partial charge in [-0.2, -0.15) is 0 Å². The highest BCUT2D eigenvalue weighted by Crippen LogP contribution is 2.10. The van der Waals surface area contributed by atoms with Crippen molar-refractivity contribution in [3.05, 3.63) is 23.4 Å². The summed E-state index contributed by atoms with van der Waals surface area (Å²) in [5, 5.41) is 3.29. The molecule has 0 bridgehead atoms. The standard InChI is InChI=1S/C12H16ClN3O2/c1-9-7-16(4-5-18-9)8-12(17)15-11-3-2-10(13)6-14-11/h2-3,6,9H,4-5,7-8H2,1H3,(H,14,15,17)/t9-/m0/s1. The molecule has 1 aromatic heterocycles. The number of pyridine rings is 1. The van der Waals surface area contributed by atoms with Crippen LogP contribution in [0, 0.1) is 0 Å². The number of nitrogens with zero attached hydrogens (tertiary/aromatic N) is 2. The van der Waals surface area contributed by atoms with Crippen molar-refractivity contribution >= 4 is 23.3 Å². The molecule has 0 radical (unpaired) electrons. The highest BCUT2D eigenvalue weighted by molar-refractivity contribution is 6.30. The number of carbonyl (C=O) groups is 1. The smallest absolute Gasteiger partial charge is 0.239 e. The van der Waals surface area contributed by atoms with E-state index in [1.165, 1.54) is 6.20 Å². The summed E-state index contributed by atoms with van der Waals surface area (Å²) in [5.41, 5.74) is 0. The number of ether oxygens (including phenoxy) is 1. The molecule has 2 rings (SSSR count). The monoisotopic (exact) mass is 269 g/mol. The van der Waals surface area contributed by atoms with E-state index in [0.29, 0.717) is 24.0 Å². The van der Waals surface area contributed by atoms with Gasteiger partial charge in [0, 0.05) is 19.3 Å². The number of rotatable bonds is 3. The Labute approximate surface area is 111 Å². The molecule has 1 N–H and O–H groups in total. The van der Waals surface area contributed by atoms with Gasteiger partial charge in [-0.1, -0.05) is 11.6 Å². The molecule has 0 aromatic carbocycles. The molecule has 2 heterocycles. The zero-order chi connectivity index (χ0) is 13.0. The van der Waals surface area contributed by atoms with Crippen molar-refractivity contribution in [1.82, 2.24) is 9.88 Å². The largest absolute Gasteiger partial charge is 0.376 e. The Balaban J connectivity index is 1.83. The molecule has 0 unspecified atom stereocenters. The first-order valence-corrected chi connectivity index (χ1v) is 6.26. The van der Waals surface area contributed by atoms with Gasteiger partial charge in [0.2, 0.25) is 5.91 Å². The van der Waals surface area contributed by atoms with Crippen LogP contribution in [0.5, 0.6) is 0 Å². The highest BCUT2D eigenvalue weighted by Gasteiger charge is 2.18. The summed E-state index contributed by atoms with van der Waals surface area (Å²) in [6.07, 6.45) is 1.69. The van der Waals surface area contributed by atoms with Crippen LogP contribution >= 0.6 is 11.6 Å². The molecule has 1 amide bonds. The number of anilines is 1. The summed E-state index contributed by atoms with van der Waals surface area (Å²) in [6.45, 7) is 4.60. The van der Waals surface area contributed by atoms with Crippen LogP contribution < -0.4 is 5.32 Å². The van der Waals surface area contributed by atoms with E-state index in [2.05, 4.69) is 15.2 Å². The lowest BCUT2D eigenvalue weighted by molar-refractivity contribution is -0.119. The van der Waals surface area contributed by atoms with Gasteiger partial charge in [-0.05, 0) is 19.1 Å². The number of amides is 1. The number of hydrogen-bond donors (Lipinski definition) is 1. The molecule has 6 heteroatoms. The van der Waals surface area contributed by atoms with Crippen molar-refractivity contribution in [2.45, 2.75) is 13.0 Å². The third-order valence-electron chi connectivity index (χ3n) is 2.69. The zero-order valence-electron chi connectivity index (χ0n) is 10.2. The molecular weight excluding hydrogens is 254 g/mol. The van der Waals surface area contributed by atoms with Gasteiger partial charge in [0.05, 0.1) is 24.3 Å². The zero-order valence-corrected chi connectivity index (χ0v) is 11.0. The van der Waals surface area contributed by atoms with E-state index in [-0.39, 0.29) is 12.0 Å². The number of carbonyl (C=O) groups excluding carboxylic acids is 1. The highest BCUT2D eigenvalue weighted by atomic mass is 35.5. The maximum Gasteiger partial charge on any atom is 0.239 e. The third-order valence-corrected chi connectivity index (χ3v) is 2.91. The molecule has 5 nitrogen and oxygen atoms in total. The molecule has 1 aliphatic heterocycles. The average Bonchev–Trinajstić information content (AvgIpc) is 2.32. The fraction of sp³-hybridized carbons (Fsp3) is 0.500. The lowest BCUT2D eigenvalue weighted by Crippen LogP contribution is -2.44. The van der Waals surface area contributed by atoms with Crippen LogP contribution in [0.4, 0.5) is 5.82 Å². The van der Waals surface area contributed by atoms with Gasteiger partial charge in [0.1, 0.15) is 5.82 Å². The van der Waals surface area contributed by atoms with E-state index in [1.54, 1.807) is 12.1 Å². The minimum Gasteiger partial charge on any atom is -0.376 e. The van der Waals surface area contributed by atoms with Crippen molar-refractivity contribution in [3.63, 3.8) is 0 Å². The molecule has 0 spiro atoms. The Bertz CT molecular complexity index is 410. The number of halogens is 1.